The van der Waals surface area contributed by atoms with Gasteiger partial charge in [0.1, 0.15) is 0 Å². The minimum Gasteiger partial charge on any atom is -0.481 e. The normalized spacial score (nSPS) is 19.6. The molecule has 9 nitrogen and oxygen atoms in total. The van der Waals surface area contributed by atoms with E-state index in [1.807, 2.05) is 0 Å². The Hall–Kier alpha value is -2.00. The first-order valence-corrected chi connectivity index (χ1v) is 9.51. The van der Waals surface area contributed by atoms with Gasteiger partial charge in [0.15, 0.2) is 12.2 Å². The van der Waals surface area contributed by atoms with Crippen LogP contribution >= 0.6 is 0 Å². The van der Waals surface area contributed by atoms with Crippen molar-refractivity contribution in [1.82, 2.24) is 5.06 Å². The summed E-state index contributed by atoms with van der Waals surface area (Å²) in [5.41, 5.74) is 0. The maximum atomic E-state index is 11.6. The number of nitrogens with zero attached hydrogens (tertiary/aromatic N) is 1. The molecule has 2 amide bonds. The lowest BCUT2D eigenvalue weighted by Crippen LogP contribution is -2.34. The summed E-state index contributed by atoms with van der Waals surface area (Å²) in [4.78, 5) is 49.5. The largest absolute Gasteiger partial charge is 0.481 e. The standard InChI is InChI=1S/C18H29NO8/c20-13(21)11-9-7-5-3-1-2-4-6-8-10-12-14(22)27-19-17(25)15(23)16(24)18(19)26/h15-16,23-24H,1-12H2,(H,20,21). The summed E-state index contributed by atoms with van der Waals surface area (Å²) < 4.78 is 0. The van der Waals surface area contributed by atoms with E-state index in [1.54, 1.807) is 0 Å². The minimum absolute atomic E-state index is 0.0484. The van der Waals surface area contributed by atoms with Crippen molar-refractivity contribution in [3.63, 3.8) is 0 Å². The van der Waals surface area contributed by atoms with E-state index in [1.165, 1.54) is 0 Å². The highest BCUT2D eigenvalue weighted by molar-refractivity contribution is 6.07. The number of rotatable bonds is 14. The van der Waals surface area contributed by atoms with Crippen molar-refractivity contribution < 1.29 is 39.3 Å². The Balaban J connectivity index is 1.96. The quantitative estimate of drug-likeness (QED) is 0.299. The summed E-state index contributed by atoms with van der Waals surface area (Å²) in [5, 5.41) is 27.1. The Morgan fingerprint density at radius 3 is 1.52 bits per heavy atom. The molecule has 0 radical (unpaired) electrons. The van der Waals surface area contributed by atoms with E-state index in [0.717, 1.165) is 57.8 Å². The number of aliphatic carboxylic acids is 1. The SMILES string of the molecule is O=C(O)CCCCCCCCCCCCC(=O)ON1C(=O)C(O)C(O)C1=O. The molecule has 1 aliphatic rings. The molecule has 1 fully saturated rings. The second-order valence-corrected chi connectivity index (χ2v) is 6.75. The molecule has 2 atom stereocenters. The van der Waals surface area contributed by atoms with Crippen LogP contribution in [-0.2, 0) is 24.0 Å². The number of aliphatic hydroxyl groups excluding tert-OH is 2. The zero-order valence-electron chi connectivity index (χ0n) is 15.5. The summed E-state index contributed by atoms with van der Waals surface area (Å²) in [5.74, 6) is -3.76. The summed E-state index contributed by atoms with van der Waals surface area (Å²) in [6.45, 7) is 0. The van der Waals surface area contributed by atoms with Gasteiger partial charge in [-0.2, -0.15) is 0 Å². The Kier molecular flexibility index (Phi) is 10.6. The number of hydrogen-bond donors (Lipinski definition) is 3. The molecule has 9 heteroatoms. The van der Waals surface area contributed by atoms with Crippen molar-refractivity contribution in [2.75, 3.05) is 0 Å². The topological polar surface area (TPSA) is 141 Å². The fourth-order valence-corrected chi connectivity index (χ4v) is 2.82. The molecule has 1 heterocycles. The lowest BCUT2D eigenvalue weighted by molar-refractivity contribution is -0.199. The van der Waals surface area contributed by atoms with Crippen molar-refractivity contribution in [2.45, 2.75) is 89.3 Å². The predicted octanol–water partition coefficient (Wildman–Crippen LogP) is 1.30. The Morgan fingerprint density at radius 1 is 0.741 bits per heavy atom. The predicted molar refractivity (Wildman–Crippen MR) is 93.0 cm³/mol. The van der Waals surface area contributed by atoms with Crippen LogP contribution in [0.5, 0.6) is 0 Å². The van der Waals surface area contributed by atoms with Crippen LogP contribution in [0.1, 0.15) is 77.0 Å². The lowest BCUT2D eigenvalue weighted by atomic mass is 10.1. The van der Waals surface area contributed by atoms with Gasteiger partial charge in [-0.05, 0) is 12.8 Å². The average molecular weight is 387 g/mol. The van der Waals surface area contributed by atoms with Crippen LogP contribution in [-0.4, -0.2) is 56.3 Å². The zero-order valence-corrected chi connectivity index (χ0v) is 15.5. The van der Waals surface area contributed by atoms with Gasteiger partial charge < -0.3 is 20.2 Å². The van der Waals surface area contributed by atoms with Crippen molar-refractivity contribution in [3.8, 4) is 0 Å². The summed E-state index contributed by atoms with van der Waals surface area (Å²) >= 11 is 0. The molecular formula is C18H29NO8. The number of carboxylic acids is 1. The summed E-state index contributed by atoms with van der Waals surface area (Å²) in [6.07, 6.45) is 5.95. The molecule has 1 saturated heterocycles. The van der Waals surface area contributed by atoms with Gasteiger partial charge in [-0.3, -0.25) is 14.4 Å². The number of carbonyl (C=O) groups excluding carboxylic acids is 3. The Bertz CT molecular complexity index is 501. The third-order valence-corrected chi connectivity index (χ3v) is 4.42. The lowest BCUT2D eigenvalue weighted by Gasteiger charge is -2.12. The smallest absolute Gasteiger partial charge is 0.333 e. The van der Waals surface area contributed by atoms with Crippen molar-refractivity contribution in [3.05, 3.63) is 0 Å². The zero-order chi connectivity index (χ0) is 20.2. The molecule has 1 aliphatic heterocycles. The molecule has 0 aromatic heterocycles. The maximum absolute atomic E-state index is 11.6. The van der Waals surface area contributed by atoms with Crippen molar-refractivity contribution >= 4 is 23.8 Å². The van der Waals surface area contributed by atoms with Gasteiger partial charge in [0.2, 0.25) is 0 Å². The van der Waals surface area contributed by atoms with E-state index in [4.69, 9.17) is 5.11 Å². The fraction of sp³-hybridized carbons (Fsp3) is 0.778. The highest BCUT2D eigenvalue weighted by atomic mass is 16.7. The number of aliphatic hydroxyl groups is 2. The highest BCUT2D eigenvalue weighted by Crippen LogP contribution is 2.16. The van der Waals surface area contributed by atoms with Gasteiger partial charge in [-0.1, -0.05) is 56.4 Å². The first-order valence-electron chi connectivity index (χ1n) is 9.51. The molecular weight excluding hydrogens is 358 g/mol. The third kappa shape index (κ3) is 8.49. The summed E-state index contributed by atoms with van der Waals surface area (Å²) in [6, 6.07) is 0. The van der Waals surface area contributed by atoms with Gasteiger partial charge in [0.05, 0.1) is 0 Å². The number of carboxylic acid groups (broad SMARTS) is 1. The van der Waals surface area contributed by atoms with Crippen LogP contribution in [0.2, 0.25) is 0 Å². The number of unbranched alkanes of at least 4 members (excludes halogenated alkanes) is 9. The molecule has 0 bridgehead atoms. The van der Waals surface area contributed by atoms with E-state index in [9.17, 15) is 29.4 Å². The first-order chi connectivity index (χ1) is 12.8. The van der Waals surface area contributed by atoms with Crippen LogP contribution in [0.4, 0.5) is 0 Å². The van der Waals surface area contributed by atoms with E-state index < -0.39 is 36.0 Å². The minimum atomic E-state index is -1.89. The molecule has 2 unspecified atom stereocenters. The van der Waals surface area contributed by atoms with E-state index in [2.05, 4.69) is 4.84 Å². The van der Waals surface area contributed by atoms with E-state index in [-0.39, 0.29) is 17.9 Å². The fourth-order valence-electron chi connectivity index (χ4n) is 2.82. The molecule has 0 aromatic carbocycles. The van der Waals surface area contributed by atoms with Gasteiger partial charge in [0, 0.05) is 12.8 Å². The number of hydrogen-bond acceptors (Lipinski definition) is 7. The van der Waals surface area contributed by atoms with Gasteiger partial charge in [-0.15, -0.1) is 0 Å². The van der Waals surface area contributed by atoms with Gasteiger partial charge >= 0.3 is 11.9 Å². The molecule has 154 valence electrons. The first kappa shape index (κ1) is 23.0. The number of imide groups is 1. The maximum Gasteiger partial charge on any atom is 0.333 e. The van der Waals surface area contributed by atoms with Crippen LogP contribution in [0, 0.1) is 0 Å². The number of hydroxylamine groups is 2. The molecule has 0 aromatic rings. The molecule has 27 heavy (non-hydrogen) atoms. The number of amides is 2. The van der Waals surface area contributed by atoms with Crippen LogP contribution < -0.4 is 0 Å². The van der Waals surface area contributed by atoms with E-state index >= 15 is 0 Å². The molecule has 0 spiro atoms. The van der Waals surface area contributed by atoms with Gasteiger partial charge in [0.25, 0.3) is 11.8 Å². The highest BCUT2D eigenvalue weighted by Gasteiger charge is 2.48. The van der Waals surface area contributed by atoms with Crippen LogP contribution in [0.25, 0.3) is 0 Å². The molecule has 1 rings (SSSR count). The average Bonchev–Trinajstić information content (AvgIpc) is 2.80. The third-order valence-electron chi connectivity index (χ3n) is 4.42. The van der Waals surface area contributed by atoms with Crippen LogP contribution in [0.3, 0.4) is 0 Å². The second kappa shape index (κ2) is 12.4. The number of carbonyl (C=O) groups is 4. The second-order valence-electron chi connectivity index (χ2n) is 6.75. The molecule has 3 N–H and O–H groups in total. The van der Waals surface area contributed by atoms with Crippen molar-refractivity contribution in [1.29, 1.82) is 0 Å². The van der Waals surface area contributed by atoms with Crippen LogP contribution in [0.15, 0.2) is 0 Å². The van der Waals surface area contributed by atoms with Crippen molar-refractivity contribution in [2.24, 2.45) is 0 Å². The van der Waals surface area contributed by atoms with Gasteiger partial charge in [-0.25, -0.2) is 4.79 Å². The molecule has 0 saturated carbocycles. The monoisotopic (exact) mass is 387 g/mol. The Labute approximate surface area is 158 Å². The van der Waals surface area contributed by atoms with E-state index in [0.29, 0.717) is 6.42 Å². The molecule has 0 aliphatic carbocycles. The Morgan fingerprint density at radius 2 is 1.11 bits per heavy atom. The summed E-state index contributed by atoms with van der Waals surface area (Å²) in [7, 11) is 0.